The molecule has 1 aliphatic heterocycles. The topological polar surface area (TPSA) is 101 Å². The highest BCUT2D eigenvalue weighted by Gasteiger charge is 2.20. The van der Waals surface area contributed by atoms with Crippen molar-refractivity contribution in [3.05, 3.63) is 54.2 Å². The third-order valence-electron chi connectivity index (χ3n) is 4.57. The maximum absolute atomic E-state index is 8.80. The van der Waals surface area contributed by atoms with E-state index in [1.807, 2.05) is 37.8 Å². The minimum Gasteiger partial charge on any atom is -0.470 e. The van der Waals surface area contributed by atoms with Gasteiger partial charge in [-0.3, -0.25) is 9.67 Å². The summed E-state index contributed by atoms with van der Waals surface area (Å²) in [6, 6.07) is 7.79. The van der Waals surface area contributed by atoms with Gasteiger partial charge in [0.25, 0.3) is 0 Å². The Bertz CT molecular complexity index is 991. The van der Waals surface area contributed by atoms with Gasteiger partial charge in [0.15, 0.2) is 0 Å². The Morgan fingerprint density at radius 1 is 1.29 bits per heavy atom. The number of ether oxygens (including phenoxy) is 1. The van der Waals surface area contributed by atoms with Gasteiger partial charge >= 0.3 is 0 Å². The number of rotatable bonds is 6. The quantitative estimate of drug-likeness (QED) is 0.633. The van der Waals surface area contributed by atoms with Crippen LogP contribution in [0.4, 0.5) is 5.69 Å². The van der Waals surface area contributed by atoms with E-state index in [0.29, 0.717) is 18.0 Å². The maximum atomic E-state index is 8.80. The monoisotopic (exact) mass is 375 g/mol. The molecule has 28 heavy (non-hydrogen) atoms. The summed E-state index contributed by atoms with van der Waals surface area (Å²) in [7, 11) is 1.89. The van der Waals surface area contributed by atoms with E-state index < -0.39 is 0 Å². The predicted molar refractivity (Wildman–Crippen MR) is 105 cm³/mol. The summed E-state index contributed by atoms with van der Waals surface area (Å²) in [5.41, 5.74) is 4.48. The van der Waals surface area contributed by atoms with Crippen molar-refractivity contribution in [1.82, 2.24) is 25.1 Å². The highest BCUT2D eigenvalue weighted by atomic mass is 16.5. The molecule has 1 aliphatic rings. The van der Waals surface area contributed by atoms with Crippen LogP contribution < -0.4 is 15.4 Å². The number of nitrogens with one attached hydrogen (secondary N) is 2. The van der Waals surface area contributed by atoms with Crippen molar-refractivity contribution >= 4 is 5.69 Å². The zero-order valence-corrected chi connectivity index (χ0v) is 15.6. The minimum atomic E-state index is 0.0122. The first-order valence-corrected chi connectivity index (χ1v) is 9.16. The van der Waals surface area contributed by atoms with Gasteiger partial charge in [0, 0.05) is 62.0 Å². The van der Waals surface area contributed by atoms with Crippen molar-refractivity contribution in [3.8, 4) is 23.1 Å². The number of anilines is 1. The molecule has 4 heterocycles. The Morgan fingerprint density at radius 3 is 2.96 bits per heavy atom. The zero-order chi connectivity index (χ0) is 19.3. The highest BCUT2D eigenvalue weighted by molar-refractivity contribution is 5.69. The fourth-order valence-corrected chi connectivity index (χ4v) is 3.06. The van der Waals surface area contributed by atoms with E-state index in [0.717, 1.165) is 42.0 Å². The van der Waals surface area contributed by atoms with Crippen LogP contribution >= 0.6 is 0 Å². The first-order chi connectivity index (χ1) is 13.7. The molecule has 0 saturated carbocycles. The first kappa shape index (κ1) is 17.9. The van der Waals surface area contributed by atoms with Crippen LogP contribution in [0.5, 0.6) is 5.88 Å². The van der Waals surface area contributed by atoms with Gasteiger partial charge in [-0.15, -0.1) is 0 Å². The lowest BCUT2D eigenvalue weighted by molar-refractivity contribution is 0.194. The molecule has 0 spiro atoms. The number of nitrogens with zero attached hydrogens (tertiary/aromatic N) is 5. The Morgan fingerprint density at radius 2 is 2.21 bits per heavy atom. The van der Waals surface area contributed by atoms with Crippen LogP contribution in [0, 0.1) is 11.3 Å². The standard InChI is InChI=1S/C20H21N7O/c1-27-13-16(10-26-27)15-6-19-20(25-9-15)28-18(12-24-19)11-22-5-4-17-3-2-14(7-21)8-23-17/h2-3,6,8-10,13,18,22,24H,4-5,11-12H2,1H3. The van der Waals surface area contributed by atoms with Gasteiger partial charge in [0.1, 0.15) is 12.2 Å². The molecule has 8 nitrogen and oxygen atoms in total. The summed E-state index contributed by atoms with van der Waals surface area (Å²) in [6.45, 7) is 2.22. The molecule has 0 aliphatic carbocycles. The number of aryl methyl sites for hydroxylation is 1. The molecule has 3 aromatic heterocycles. The van der Waals surface area contributed by atoms with Gasteiger partial charge < -0.3 is 15.4 Å². The SMILES string of the molecule is Cn1cc(-c2cnc3c(c2)NCC(CNCCc2ccc(C#N)cn2)O3)cn1. The Kier molecular flexibility index (Phi) is 5.17. The first-order valence-electron chi connectivity index (χ1n) is 9.16. The summed E-state index contributed by atoms with van der Waals surface area (Å²) in [5.74, 6) is 0.624. The lowest BCUT2D eigenvalue weighted by Gasteiger charge is -2.27. The van der Waals surface area contributed by atoms with Crippen LogP contribution in [0.1, 0.15) is 11.3 Å². The summed E-state index contributed by atoms with van der Waals surface area (Å²) in [6.07, 6.45) is 8.01. The molecule has 0 amide bonds. The second-order valence-corrected chi connectivity index (χ2v) is 6.70. The zero-order valence-electron chi connectivity index (χ0n) is 15.6. The van der Waals surface area contributed by atoms with Gasteiger partial charge in [-0.2, -0.15) is 10.4 Å². The molecule has 2 N–H and O–H groups in total. The van der Waals surface area contributed by atoms with E-state index in [1.165, 1.54) is 0 Å². The second-order valence-electron chi connectivity index (χ2n) is 6.70. The fraction of sp³-hybridized carbons (Fsp3) is 0.300. The lowest BCUT2D eigenvalue weighted by atomic mass is 10.1. The average molecular weight is 375 g/mol. The second kappa shape index (κ2) is 8.06. The normalized spacial score (nSPS) is 15.2. The Balaban J connectivity index is 1.27. The number of aromatic nitrogens is 4. The molecule has 8 heteroatoms. The van der Waals surface area contributed by atoms with Gasteiger partial charge in [-0.25, -0.2) is 4.98 Å². The molecule has 0 aromatic carbocycles. The molecule has 142 valence electrons. The average Bonchev–Trinajstić information content (AvgIpc) is 3.17. The Hall–Kier alpha value is -3.44. The number of pyridine rings is 2. The number of hydrogen-bond donors (Lipinski definition) is 2. The van der Waals surface area contributed by atoms with E-state index in [9.17, 15) is 0 Å². The predicted octanol–water partition coefficient (Wildman–Crippen LogP) is 1.75. The summed E-state index contributed by atoms with van der Waals surface area (Å²) >= 11 is 0. The van der Waals surface area contributed by atoms with Crippen molar-refractivity contribution in [1.29, 1.82) is 5.26 Å². The molecule has 0 saturated heterocycles. The molecule has 0 bridgehead atoms. The maximum Gasteiger partial charge on any atom is 0.237 e. The van der Waals surface area contributed by atoms with Gasteiger partial charge in [-0.05, 0) is 18.2 Å². The van der Waals surface area contributed by atoms with Gasteiger partial charge in [-0.1, -0.05) is 0 Å². The third-order valence-corrected chi connectivity index (χ3v) is 4.57. The van der Waals surface area contributed by atoms with Crippen LogP contribution in [0.3, 0.4) is 0 Å². The van der Waals surface area contributed by atoms with Crippen molar-refractivity contribution < 1.29 is 4.74 Å². The third kappa shape index (κ3) is 4.10. The molecular weight excluding hydrogens is 354 g/mol. The van der Waals surface area contributed by atoms with Crippen LogP contribution in [0.2, 0.25) is 0 Å². The van der Waals surface area contributed by atoms with E-state index in [2.05, 4.69) is 31.8 Å². The molecule has 0 radical (unpaired) electrons. The van der Waals surface area contributed by atoms with E-state index in [4.69, 9.17) is 10.00 Å². The summed E-state index contributed by atoms with van der Waals surface area (Å²) in [5, 5.41) is 19.8. The summed E-state index contributed by atoms with van der Waals surface area (Å²) < 4.78 is 7.77. The largest absolute Gasteiger partial charge is 0.470 e. The van der Waals surface area contributed by atoms with Crippen molar-refractivity contribution in [3.63, 3.8) is 0 Å². The number of hydrogen-bond acceptors (Lipinski definition) is 7. The molecule has 0 fully saturated rings. The number of nitriles is 1. The van der Waals surface area contributed by atoms with Crippen LogP contribution in [-0.4, -0.2) is 45.5 Å². The minimum absolute atomic E-state index is 0.0122. The number of fused-ring (bicyclic) bond motifs is 1. The van der Waals surface area contributed by atoms with Crippen LogP contribution in [0.25, 0.3) is 11.1 Å². The van der Waals surface area contributed by atoms with E-state index in [-0.39, 0.29) is 6.10 Å². The summed E-state index contributed by atoms with van der Waals surface area (Å²) in [4.78, 5) is 8.74. The molecule has 1 atom stereocenters. The molecular formula is C20H21N7O. The van der Waals surface area contributed by atoms with Crippen LogP contribution in [0.15, 0.2) is 43.0 Å². The molecule has 4 rings (SSSR count). The van der Waals surface area contributed by atoms with Crippen molar-refractivity contribution in [2.45, 2.75) is 12.5 Å². The molecule has 3 aromatic rings. The Labute approximate surface area is 163 Å². The smallest absolute Gasteiger partial charge is 0.237 e. The van der Waals surface area contributed by atoms with E-state index in [1.54, 1.807) is 16.9 Å². The van der Waals surface area contributed by atoms with Crippen LogP contribution in [-0.2, 0) is 13.5 Å². The highest BCUT2D eigenvalue weighted by Crippen LogP contribution is 2.30. The van der Waals surface area contributed by atoms with Gasteiger partial charge in [0.2, 0.25) is 5.88 Å². The van der Waals surface area contributed by atoms with Crippen molar-refractivity contribution in [2.24, 2.45) is 7.05 Å². The lowest BCUT2D eigenvalue weighted by Crippen LogP contribution is -2.40. The van der Waals surface area contributed by atoms with E-state index >= 15 is 0 Å². The van der Waals surface area contributed by atoms with Crippen molar-refractivity contribution in [2.75, 3.05) is 25.0 Å². The molecule has 1 unspecified atom stereocenters. The fourth-order valence-electron chi connectivity index (χ4n) is 3.06. The van der Waals surface area contributed by atoms with Gasteiger partial charge in [0.05, 0.1) is 24.0 Å².